The maximum absolute atomic E-state index is 11.8. The van der Waals surface area contributed by atoms with Crippen LogP contribution >= 0.6 is 0 Å². The van der Waals surface area contributed by atoms with Crippen molar-refractivity contribution in [3.05, 3.63) is 29.8 Å². The van der Waals surface area contributed by atoms with Crippen LogP contribution in [0.1, 0.15) is 12.0 Å². The molecule has 1 heterocycles. The molecule has 0 aromatic heterocycles. The highest BCUT2D eigenvalue weighted by Gasteiger charge is 2.22. The van der Waals surface area contributed by atoms with Crippen LogP contribution in [0.5, 0.6) is 0 Å². The Morgan fingerprint density at radius 1 is 1.44 bits per heavy atom. The number of rotatable bonds is 3. The zero-order valence-corrected chi connectivity index (χ0v) is 9.07. The van der Waals surface area contributed by atoms with Crippen LogP contribution in [0.4, 0.5) is 5.69 Å². The minimum atomic E-state index is 0.0285. The lowest BCUT2D eigenvalue weighted by molar-refractivity contribution is -0.119. The van der Waals surface area contributed by atoms with E-state index < -0.39 is 0 Å². The van der Waals surface area contributed by atoms with E-state index in [0.29, 0.717) is 0 Å². The van der Waals surface area contributed by atoms with Crippen molar-refractivity contribution in [2.75, 3.05) is 18.4 Å². The highest BCUT2D eigenvalue weighted by Crippen LogP contribution is 2.14. The minimum absolute atomic E-state index is 0.0285. The molecule has 1 unspecified atom stereocenters. The van der Waals surface area contributed by atoms with E-state index in [1.807, 2.05) is 24.3 Å². The third-order valence-corrected chi connectivity index (χ3v) is 2.84. The van der Waals surface area contributed by atoms with Gasteiger partial charge < -0.3 is 15.7 Å². The van der Waals surface area contributed by atoms with Crippen molar-refractivity contribution in [1.29, 1.82) is 0 Å². The van der Waals surface area contributed by atoms with E-state index in [1.165, 1.54) is 0 Å². The first kappa shape index (κ1) is 11.1. The van der Waals surface area contributed by atoms with Crippen LogP contribution in [-0.4, -0.2) is 24.1 Å². The Morgan fingerprint density at radius 2 is 2.19 bits per heavy atom. The monoisotopic (exact) mass is 220 g/mol. The molecule has 0 radical (unpaired) electrons. The molecular formula is C12H16N2O2. The molecule has 4 heteroatoms. The zero-order chi connectivity index (χ0) is 11.4. The van der Waals surface area contributed by atoms with Crippen molar-refractivity contribution in [3.8, 4) is 0 Å². The van der Waals surface area contributed by atoms with E-state index in [2.05, 4.69) is 10.6 Å². The van der Waals surface area contributed by atoms with E-state index in [9.17, 15) is 4.79 Å². The zero-order valence-electron chi connectivity index (χ0n) is 9.07. The summed E-state index contributed by atoms with van der Waals surface area (Å²) in [6, 6.07) is 7.24. The normalized spacial score (nSPS) is 19.7. The number of nitrogens with one attached hydrogen (secondary N) is 2. The van der Waals surface area contributed by atoms with Crippen molar-refractivity contribution >= 4 is 11.6 Å². The lowest BCUT2D eigenvalue weighted by atomic mass is 10.1. The molecule has 2 rings (SSSR count). The van der Waals surface area contributed by atoms with Gasteiger partial charge in [0.05, 0.1) is 12.5 Å². The molecule has 1 amide bonds. The Labute approximate surface area is 94.7 Å². The molecule has 0 aliphatic carbocycles. The van der Waals surface area contributed by atoms with Gasteiger partial charge in [0, 0.05) is 12.2 Å². The Morgan fingerprint density at radius 3 is 2.75 bits per heavy atom. The first-order valence-electron chi connectivity index (χ1n) is 5.51. The first-order chi connectivity index (χ1) is 7.79. The molecular weight excluding hydrogens is 204 g/mol. The predicted octanol–water partition coefficient (Wildman–Crippen LogP) is 0.727. The number of carbonyl (C=O) groups is 1. The van der Waals surface area contributed by atoms with Gasteiger partial charge in [-0.15, -0.1) is 0 Å². The van der Waals surface area contributed by atoms with Gasteiger partial charge in [-0.25, -0.2) is 0 Å². The minimum Gasteiger partial charge on any atom is -0.392 e. The van der Waals surface area contributed by atoms with Gasteiger partial charge in [0.2, 0.25) is 5.91 Å². The van der Waals surface area contributed by atoms with Crippen LogP contribution in [0.3, 0.4) is 0 Å². The molecule has 0 spiro atoms. The smallest absolute Gasteiger partial charge is 0.228 e. The molecule has 86 valence electrons. The number of hydrogen-bond donors (Lipinski definition) is 3. The van der Waals surface area contributed by atoms with Gasteiger partial charge in [-0.05, 0) is 30.7 Å². The number of aliphatic hydroxyl groups is 1. The highest BCUT2D eigenvalue weighted by atomic mass is 16.3. The van der Waals surface area contributed by atoms with Crippen molar-refractivity contribution in [2.45, 2.75) is 13.0 Å². The SMILES string of the molecule is O=C(Nc1ccc(CO)cc1)C1CCNC1. The average molecular weight is 220 g/mol. The summed E-state index contributed by atoms with van der Waals surface area (Å²) < 4.78 is 0. The second-order valence-corrected chi connectivity index (χ2v) is 4.03. The fourth-order valence-electron chi connectivity index (χ4n) is 1.82. The number of hydrogen-bond acceptors (Lipinski definition) is 3. The Hall–Kier alpha value is -1.39. The molecule has 1 fully saturated rings. The fourth-order valence-corrected chi connectivity index (χ4v) is 1.82. The number of amides is 1. The summed E-state index contributed by atoms with van der Waals surface area (Å²) in [6.07, 6.45) is 0.903. The molecule has 3 N–H and O–H groups in total. The summed E-state index contributed by atoms with van der Waals surface area (Å²) in [5.74, 6) is 0.152. The summed E-state index contributed by atoms with van der Waals surface area (Å²) in [5.41, 5.74) is 1.63. The third-order valence-electron chi connectivity index (χ3n) is 2.84. The Balaban J connectivity index is 1.94. The van der Waals surface area contributed by atoms with E-state index in [4.69, 9.17) is 5.11 Å². The van der Waals surface area contributed by atoms with Crippen molar-refractivity contribution in [3.63, 3.8) is 0 Å². The molecule has 1 atom stereocenters. The average Bonchev–Trinajstić information content (AvgIpc) is 2.83. The van der Waals surface area contributed by atoms with Crippen molar-refractivity contribution in [2.24, 2.45) is 5.92 Å². The van der Waals surface area contributed by atoms with Crippen molar-refractivity contribution < 1.29 is 9.90 Å². The van der Waals surface area contributed by atoms with Crippen LogP contribution in [-0.2, 0) is 11.4 Å². The van der Waals surface area contributed by atoms with Gasteiger partial charge in [-0.1, -0.05) is 12.1 Å². The second kappa shape index (κ2) is 5.09. The van der Waals surface area contributed by atoms with Gasteiger partial charge in [0.1, 0.15) is 0 Å². The summed E-state index contributed by atoms with van der Waals surface area (Å²) in [5, 5.41) is 14.9. The number of anilines is 1. The Bertz CT molecular complexity index is 356. The van der Waals surface area contributed by atoms with Gasteiger partial charge >= 0.3 is 0 Å². The van der Waals surface area contributed by atoms with E-state index in [1.54, 1.807) is 0 Å². The second-order valence-electron chi connectivity index (χ2n) is 4.03. The number of aliphatic hydroxyl groups excluding tert-OH is 1. The fraction of sp³-hybridized carbons (Fsp3) is 0.417. The molecule has 1 aliphatic heterocycles. The molecule has 1 saturated heterocycles. The van der Waals surface area contributed by atoms with Crippen LogP contribution in [0.2, 0.25) is 0 Å². The maximum atomic E-state index is 11.8. The summed E-state index contributed by atoms with van der Waals surface area (Å²) in [4.78, 5) is 11.8. The van der Waals surface area contributed by atoms with Crippen LogP contribution in [0.25, 0.3) is 0 Å². The summed E-state index contributed by atoms with van der Waals surface area (Å²) >= 11 is 0. The predicted molar refractivity (Wildman–Crippen MR) is 62.0 cm³/mol. The van der Waals surface area contributed by atoms with Crippen LogP contribution < -0.4 is 10.6 Å². The molecule has 16 heavy (non-hydrogen) atoms. The quantitative estimate of drug-likeness (QED) is 0.703. The molecule has 0 saturated carbocycles. The molecule has 0 bridgehead atoms. The standard InChI is InChI=1S/C12H16N2O2/c15-8-9-1-3-11(4-2-9)14-12(16)10-5-6-13-7-10/h1-4,10,13,15H,5-8H2,(H,14,16). The first-order valence-corrected chi connectivity index (χ1v) is 5.51. The molecule has 1 aliphatic rings. The molecule has 1 aromatic carbocycles. The molecule has 4 nitrogen and oxygen atoms in total. The topological polar surface area (TPSA) is 61.4 Å². The summed E-state index contributed by atoms with van der Waals surface area (Å²) in [6.45, 7) is 1.71. The van der Waals surface area contributed by atoms with Gasteiger partial charge in [0.15, 0.2) is 0 Å². The lowest BCUT2D eigenvalue weighted by Gasteiger charge is -2.09. The van der Waals surface area contributed by atoms with Crippen molar-refractivity contribution in [1.82, 2.24) is 5.32 Å². The van der Waals surface area contributed by atoms with Crippen LogP contribution in [0.15, 0.2) is 24.3 Å². The molecule has 1 aromatic rings. The number of benzene rings is 1. The van der Waals surface area contributed by atoms with Gasteiger partial charge in [0.25, 0.3) is 0 Å². The number of carbonyl (C=O) groups excluding carboxylic acids is 1. The van der Waals surface area contributed by atoms with Crippen LogP contribution in [0, 0.1) is 5.92 Å². The Kier molecular flexibility index (Phi) is 3.54. The highest BCUT2D eigenvalue weighted by molar-refractivity contribution is 5.92. The van der Waals surface area contributed by atoms with E-state index in [-0.39, 0.29) is 18.4 Å². The summed E-state index contributed by atoms with van der Waals surface area (Å²) in [7, 11) is 0. The van der Waals surface area contributed by atoms with Gasteiger partial charge in [-0.2, -0.15) is 0 Å². The largest absolute Gasteiger partial charge is 0.392 e. The lowest BCUT2D eigenvalue weighted by Crippen LogP contribution is -2.24. The third kappa shape index (κ3) is 2.59. The van der Waals surface area contributed by atoms with E-state index in [0.717, 1.165) is 30.8 Å². The van der Waals surface area contributed by atoms with E-state index >= 15 is 0 Å². The maximum Gasteiger partial charge on any atom is 0.228 e. The van der Waals surface area contributed by atoms with Gasteiger partial charge in [-0.3, -0.25) is 4.79 Å².